The third-order valence-corrected chi connectivity index (χ3v) is 17.8. The van der Waals surface area contributed by atoms with Crippen LogP contribution in [0.1, 0.15) is 12.8 Å². The van der Waals surface area contributed by atoms with Gasteiger partial charge in [0.2, 0.25) is 0 Å². The van der Waals surface area contributed by atoms with Crippen molar-refractivity contribution in [1.29, 1.82) is 0 Å². The zero-order chi connectivity index (χ0) is 18.6. The molecule has 0 aromatic carbocycles. The number of hydrogen-bond acceptors (Lipinski definition) is 4. The van der Waals surface area contributed by atoms with Gasteiger partial charge in [-0.25, -0.2) is 0 Å². The molecule has 0 amide bonds. The fourth-order valence-electron chi connectivity index (χ4n) is 2.70. The highest BCUT2D eigenvalue weighted by Gasteiger charge is 2.39. The highest BCUT2D eigenvalue weighted by Crippen LogP contribution is 2.27. The van der Waals surface area contributed by atoms with E-state index in [0.29, 0.717) is 19.5 Å². The molecule has 9 heteroatoms. The quantitative estimate of drug-likeness (QED) is 0.294. The minimum atomic E-state index is -2.09. The van der Waals surface area contributed by atoms with Gasteiger partial charge >= 0.3 is 28.1 Å². The predicted molar refractivity (Wildman–Crippen MR) is 113 cm³/mol. The van der Waals surface area contributed by atoms with E-state index in [1.165, 1.54) is 11.5 Å². The molecule has 0 heterocycles. The first-order valence-corrected chi connectivity index (χ1v) is 20.4. The molecule has 4 nitrogen and oxygen atoms in total. The summed E-state index contributed by atoms with van der Waals surface area (Å²) in [5.41, 5.74) is 0. The molecule has 4 radical (unpaired) electrons. The fourth-order valence-corrected chi connectivity index (χ4v) is 21.2. The molecule has 140 valence electrons. The van der Waals surface area contributed by atoms with E-state index in [1.54, 1.807) is 0 Å². The molecule has 0 saturated carbocycles. The first kappa shape index (κ1) is 21.4. The molecule has 0 spiro atoms. The van der Waals surface area contributed by atoms with Gasteiger partial charge in [-0.2, -0.15) is 0 Å². The average Bonchev–Trinajstić information content (AvgIpc) is 3.32. The fraction of sp³-hybridized carbons (Fsp3) is 0.750. The summed E-state index contributed by atoms with van der Waals surface area (Å²) in [6.07, 6.45) is 6.38. The smallest absolute Gasteiger partial charge is 0.311 e. The first-order chi connectivity index (χ1) is 11.6. The first-order valence-electron chi connectivity index (χ1n) is 9.15. The Kier molecular flexibility index (Phi) is 7.57. The van der Waals surface area contributed by atoms with E-state index in [0.717, 1.165) is 37.0 Å². The van der Waals surface area contributed by atoms with Crippen LogP contribution in [-0.2, 0) is 17.1 Å². The van der Waals surface area contributed by atoms with Crippen molar-refractivity contribution >= 4 is 44.7 Å². The van der Waals surface area contributed by atoms with Crippen LogP contribution in [0.25, 0.3) is 0 Å². The summed E-state index contributed by atoms with van der Waals surface area (Å²) in [7, 11) is -4.33. The highest BCUT2D eigenvalue weighted by atomic mass is 28.5. The van der Waals surface area contributed by atoms with Crippen LogP contribution in [0.5, 0.6) is 0 Å². The molecule has 0 N–H and O–H groups in total. The Morgan fingerprint density at radius 3 is 1.44 bits per heavy atom. The van der Waals surface area contributed by atoms with Crippen LogP contribution in [-0.4, -0.2) is 44.7 Å². The largest absolute Gasteiger partial charge is 0.544 e. The molecule has 0 unspecified atom stereocenters. The molecule has 0 aromatic heterocycles. The molecule has 0 bridgehead atoms. The average molecular weight is 429 g/mol. The molecule has 0 aliphatic heterocycles. The minimum Gasteiger partial charge on any atom is -0.544 e. The summed E-state index contributed by atoms with van der Waals surface area (Å²) in [4.78, 5) is 0. The predicted octanol–water partition coefficient (Wildman–Crippen LogP) is 4.82. The van der Waals surface area contributed by atoms with Gasteiger partial charge in [-0.15, -0.1) is 0 Å². The lowest BCUT2D eigenvalue weighted by Crippen LogP contribution is -2.52. The number of allylic oxidation sites excluding steroid dienone is 4. The van der Waals surface area contributed by atoms with E-state index in [4.69, 9.17) is 17.1 Å². The Morgan fingerprint density at radius 2 is 1.12 bits per heavy atom. The maximum Gasteiger partial charge on any atom is 0.311 e. The summed E-state index contributed by atoms with van der Waals surface area (Å²) >= 11 is 0. The maximum atomic E-state index is 6.62. The van der Waals surface area contributed by atoms with Crippen LogP contribution in [0.15, 0.2) is 23.7 Å². The van der Waals surface area contributed by atoms with Gasteiger partial charge in [0.1, 0.15) is 0 Å². The van der Waals surface area contributed by atoms with Crippen molar-refractivity contribution in [3.63, 3.8) is 0 Å². The summed E-state index contributed by atoms with van der Waals surface area (Å²) < 4.78 is 24.6. The van der Waals surface area contributed by atoms with Gasteiger partial charge in [0.05, 0.1) is 11.5 Å². The zero-order valence-electron chi connectivity index (χ0n) is 16.5. The Morgan fingerprint density at radius 1 is 0.760 bits per heavy atom. The van der Waals surface area contributed by atoms with Gasteiger partial charge < -0.3 is 17.1 Å². The lowest BCUT2D eigenvalue weighted by atomic mass is 10.9. The maximum absolute atomic E-state index is 6.62. The van der Waals surface area contributed by atoms with Gasteiger partial charge in [-0.3, -0.25) is 0 Å². The van der Waals surface area contributed by atoms with Gasteiger partial charge in [0, 0.05) is 12.8 Å². The second-order valence-corrected chi connectivity index (χ2v) is 22.8. The Bertz CT molecular complexity index is 473. The van der Waals surface area contributed by atoms with E-state index in [-0.39, 0.29) is 0 Å². The lowest BCUT2D eigenvalue weighted by molar-refractivity contribution is 0.388. The van der Waals surface area contributed by atoms with Crippen molar-refractivity contribution in [2.75, 3.05) is 0 Å². The Hall–Kier alpha value is 0.0844. The van der Waals surface area contributed by atoms with Gasteiger partial charge in [-0.1, -0.05) is 0 Å². The molecule has 2 aliphatic carbocycles. The third kappa shape index (κ3) is 10.1. The number of rotatable bonds is 14. The van der Waals surface area contributed by atoms with Gasteiger partial charge in [0.15, 0.2) is 16.6 Å². The molecule has 0 aromatic rings. The van der Waals surface area contributed by atoms with E-state index >= 15 is 0 Å². The second-order valence-electron chi connectivity index (χ2n) is 8.37. The third-order valence-electron chi connectivity index (χ3n) is 3.85. The van der Waals surface area contributed by atoms with Crippen molar-refractivity contribution in [2.45, 2.75) is 76.3 Å². The molecule has 25 heavy (non-hydrogen) atoms. The summed E-state index contributed by atoms with van der Waals surface area (Å²) in [5.74, 6) is 2.35. The summed E-state index contributed by atoms with van der Waals surface area (Å²) in [6, 6.07) is 4.50. The summed E-state index contributed by atoms with van der Waals surface area (Å²) in [5, 5.41) is 0. The SMILES string of the molecule is C[Si](C)(CC[Si]OC1=CC1)O[Si](C)(C)O[Si](C)(C)CC[Si]OC1=CC1. The van der Waals surface area contributed by atoms with Crippen LogP contribution >= 0.6 is 0 Å². The van der Waals surface area contributed by atoms with Crippen LogP contribution in [0.4, 0.5) is 0 Å². The molecular weight excluding hydrogens is 397 g/mol. The Labute approximate surface area is 161 Å². The van der Waals surface area contributed by atoms with Crippen molar-refractivity contribution < 1.29 is 17.1 Å². The van der Waals surface area contributed by atoms with E-state index in [9.17, 15) is 0 Å². The summed E-state index contributed by atoms with van der Waals surface area (Å²) in [6.45, 7) is 13.7. The van der Waals surface area contributed by atoms with Crippen LogP contribution in [0.2, 0.25) is 63.5 Å². The van der Waals surface area contributed by atoms with E-state index in [1.807, 2.05) is 0 Å². The molecule has 0 saturated heterocycles. The molecule has 2 rings (SSSR count). The van der Waals surface area contributed by atoms with Gasteiger partial charge in [-0.05, 0) is 75.6 Å². The van der Waals surface area contributed by atoms with Crippen molar-refractivity contribution in [1.82, 2.24) is 0 Å². The molecule has 0 fully saturated rings. The van der Waals surface area contributed by atoms with Crippen molar-refractivity contribution in [2.24, 2.45) is 0 Å². The van der Waals surface area contributed by atoms with Crippen LogP contribution in [0.3, 0.4) is 0 Å². The van der Waals surface area contributed by atoms with E-state index in [2.05, 4.69) is 51.4 Å². The number of hydrogen-bond donors (Lipinski definition) is 0. The Balaban J connectivity index is 1.67. The van der Waals surface area contributed by atoms with Crippen LogP contribution in [0, 0.1) is 0 Å². The van der Waals surface area contributed by atoms with Crippen molar-refractivity contribution in [3.05, 3.63) is 23.7 Å². The van der Waals surface area contributed by atoms with E-state index < -0.39 is 25.2 Å². The zero-order valence-corrected chi connectivity index (χ0v) is 21.5. The van der Waals surface area contributed by atoms with Crippen molar-refractivity contribution in [3.8, 4) is 0 Å². The lowest BCUT2D eigenvalue weighted by Gasteiger charge is -2.38. The highest BCUT2D eigenvalue weighted by molar-refractivity contribution is 6.88. The second kappa shape index (κ2) is 8.85. The molecule has 2 aliphatic rings. The van der Waals surface area contributed by atoms with Crippen LogP contribution < -0.4 is 0 Å². The topological polar surface area (TPSA) is 36.9 Å². The minimum absolute atomic E-state index is 0.580. The molecule has 0 atom stereocenters. The normalized spacial score (nSPS) is 17.0. The monoisotopic (exact) mass is 428 g/mol. The van der Waals surface area contributed by atoms with Gasteiger partial charge in [0.25, 0.3) is 0 Å². The standard InChI is InChI=1S/C16H32O4Si5/c1-23(2,13-11-21-17-15-7-8-15)19-25(5,6)20-24(3,4)14-12-22-18-16-9-10-16/h7,9H,8,10-14H2,1-6H3. The molecular formula is C16H32O4Si5.